The summed E-state index contributed by atoms with van der Waals surface area (Å²) < 4.78 is 34.1. The number of hydrogen-bond acceptors (Lipinski definition) is 4. The molecule has 1 aliphatic carbocycles. The van der Waals surface area contributed by atoms with E-state index in [-0.39, 0.29) is 17.0 Å². The Morgan fingerprint density at radius 1 is 1.14 bits per heavy atom. The number of allylic oxidation sites excluding steroid dienone is 5. The van der Waals surface area contributed by atoms with E-state index >= 15 is 0 Å². The molecule has 178 valence electrons. The molecule has 2 aromatic rings. The van der Waals surface area contributed by atoms with Crippen molar-refractivity contribution in [2.24, 2.45) is 20.9 Å². The molecule has 2 unspecified atom stereocenters. The van der Waals surface area contributed by atoms with Gasteiger partial charge >= 0.3 is 0 Å². The Hall–Kier alpha value is -3.51. The van der Waals surface area contributed by atoms with Crippen molar-refractivity contribution in [3.8, 4) is 0 Å². The van der Waals surface area contributed by atoms with Crippen LogP contribution in [0.2, 0.25) is 0 Å². The average Bonchev–Trinajstić information content (AvgIpc) is 3.43. The van der Waals surface area contributed by atoms with E-state index < -0.39 is 11.6 Å². The van der Waals surface area contributed by atoms with Crippen molar-refractivity contribution in [3.63, 3.8) is 0 Å². The van der Waals surface area contributed by atoms with E-state index in [1.165, 1.54) is 28.8 Å². The number of ether oxygens (including phenoxy) is 1. The minimum atomic E-state index is -0.958. The smallest absolute Gasteiger partial charge is 0.169 e. The molecular weight excluding hydrogens is 444 g/mol. The number of nitrogens with zero attached hydrogens (tertiary/aromatic N) is 3. The number of aliphatic imine (C=N–C) groups is 3. The molecule has 0 N–H and O–H groups in total. The largest absolute Gasteiger partial charge is 0.366 e. The van der Waals surface area contributed by atoms with E-state index in [1.807, 2.05) is 18.2 Å². The molecule has 2 atom stereocenters. The van der Waals surface area contributed by atoms with E-state index in [0.29, 0.717) is 23.9 Å². The third-order valence-electron chi connectivity index (χ3n) is 6.74. The first kappa shape index (κ1) is 23.2. The molecule has 0 amide bonds. The molecule has 5 rings (SSSR count). The third kappa shape index (κ3) is 4.71. The molecule has 6 heteroatoms. The first-order valence-corrected chi connectivity index (χ1v) is 11.8. The van der Waals surface area contributed by atoms with Gasteiger partial charge in [-0.3, -0.25) is 4.99 Å². The molecular formula is C29H27F2N3O. The highest BCUT2D eigenvalue weighted by molar-refractivity contribution is 6.42. The van der Waals surface area contributed by atoms with Crippen molar-refractivity contribution in [1.82, 2.24) is 0 Å². The standard InChI is InChI=1S/C29H27F2N3O/c1-19-14-15-35-29(17-22(29)16-19)21-12-10-20(11-13-21)6-3-4-9-25-26(18-32-2)34-28(33-25)23-7-5-8-24(30)27(23)31/h3-5,7-14,18,22H,6,15-17H2,1-2H3/b4-3?,25-9+,32-18?. The highest BCUT2D eigenvalue weighted by atomic mass is 19.2. The Morgan fingerprint density at radius 3 is 2.77 bits per heavy atom. The molecule has 2 heterocycles. The lowest BCUT2D eigenvalue weighted by atomic mass is 10.0. The zero-order valence-electron chi connectivity index (χ0n) is 19.8. The van der Waals surface area contributed by atoms with E-state index in [2.05, 4.69) is 52.2 Å². The highest BCUT2D eigenvalue weighted by Gasteiger charge is 2.56. The predicted molar refractivity (Wildman–Crippen MR) is 136 cm³/mol. The Labute approximate surface area is 204 Å². The molecule has 35 heavy (non-hydrogen) atoms. The molecule has 0 saturated heterocycles. The van der Waals surface area contributed by atoms with Crippen LogP contribution >= 0.6 is 0 Å². The van der Waals surface area contributed by atoms with Crippen LogP contribution in [0.1, 0.15) is 36.5 Å². The van der Waals surface area contributed by atoms with Gasteiger partial charge in [-0.25, -0.2) is 18.8 Å². The number of benzene rings is 2. The number of halogens is 2. The zero-order chi connectivity index (χ0) is 24.4. The van der Waals surface area contributed by atoms with E-state index in [4.69, 9.17) is 4.74 Å². The average molecular weight is 472 g/mol. The van der Waals surface area contributed by atoms with E-state index in [9.17, 15) is 8.78 Å². The van der Waals surface area contributed by atoms with Crippen LogP contribution in [0, 0.1) is 17.6 Å². The van der Waals surface area contributed by atoms with Crippen molar-refractivity contribution < 1.29 is 13.5 Å². The van der Waals surface area contributed by atoms with Crippen molar-refractivity contribution in [1.29, 1.82) is 0 Å². The Morgan fingerprint density at radius 2 is 1.97 bits per heavy atom. The molecule has 2 aliphatic heterocycles. The summed E-state index contributed by atoms with van der Waals surface area (Å²) in [5.41, 5.74) is 4.85. The van der Waals surface area contributed by atoms with Crippen molar-refractivity contribution in [2.45, 2.75) is 31.8 Å². The summed E-state index contributed by atoms with van der Waals surface area (Å²) in [5.74, 6) is -1.17. The van der Waals surface area contributed by atoms with Gasteiger partial charge in [-0.05, 0) is 61.4 Å². The summed E-state index contributed by atoms with van der Waals surface area (Å²) in [6.45, 7) is 2.87. The monoisotopic (exact) mass is 471 g/mol. The highest BCUT2D eigenvalue weighted by Crippen LogP contribution is 2.58. The van der Waals surface area contributed by atoms with Crippen molar-refractivity contribution >= 4 is 17.8 Å². The van der Waals surface area contributed by atoms with Gasteiger partial charge in [0.15, 0.2) is 17.5 Å². The van der Waals surface area contributed by atoms with Gasteiger partial charge < -0.3 is 4.74 Å². The van der Waals surface area contributed by atoms with Gasteiger partial charge in [-0.1, -0.05) is 54.1 Å². The van der Waals surface area contributed by atoms with Crippen LogP contribution in [0.3, 0.4) is 0 Å². The Balaban J connectivity index is 1.27. The number of hydrogen-bond donors (Lipinski definition) is 0. The van der Waals surface area contributed by atoms with Crippen molar-refractivity contribution in [3.05, 3.63) is 106 Å². The molecule has 3 aliphatic rings. The molecule has 2 aromatic carbocycles. The van der Waals surface area contributed by atoms with Gasteiger partial charge in [-0.2, -0.15) is 0 Å². The lowest BCUT2D eigenvalue weighted by Gasteiger charge is -2.17. The van der Waals surface area contributed by atoms with Gasteiger partial charge in [-0.15, -0.1) is 0 Å². The lowest BCUT2D eigenvalue weighted by Crippen LogP contribution is -2.14. The molecule has 0 bridgehead atoms. The van der Waals surface area contributed by atoms with Gasteiger partial charge in [0.25, 0.3) is 0 Å². The topological polar surface area (TPSA) is 46.3 Å². The summed E-state index contributed by atoms with van der Waals surface area (Å²) in [6, 6.07) is 12.7. The molecule has 1 saturated carbocycles. The number of rotatable bonds is 6. The minimum Gasteiger partial charge on any atom is -0.366 e. The molecule has 1 fully saturated rings. The fourth-order valence-corrected chi connectivity index (χ4v) is 4.75. The van der Waals surface area contributed by atoms with Gasteiger partial charge in [0.1, 0.15) is 5.71 Å². The summed E-state index contributed by atoms with van der Waals surface area (Å²) >= 11 is 0. The van der Waals surface area contributed by atoms with E-state index in [1.54, 1.807) is 13.3 Å². The van der Waals surface area contributed by atoms with Crippen LogP contribution in [0.4, 0.5) is 8.78 Å². The van der Waals surface area contributed by atoms with Gasteiger partial charge in [0.05, 0.1) is 23.5 Å². The Kier molecular flexibility index (Phi) is 6.39. The third-order valence-corrected chi connectivity index (χ3v) is 6.74. The lowest BCUT2D eigenvalue weighted by molar-refractivity contribution is 0.0401. The van der Waals surface area contributed by atoms with Crippen LogP contribution in [-0.4, -0.2) is 31.4 Å². The maximum atomic E-state index is 14.2. The molecule has 0 spiro atoms. The fourth-order valence-electron chi connectivity index (χ4n) is 4.75. The summed E-state index contributed by atoms with van der Waals surface area (Å²) in [6.07, 6.45) is 12.5. The van der Waals surface area contributed by atoms with Crippen LogP contribution in [-0.2, 0) is 16.8 Å². The summed E-state index contributed by atoms with van der Waals surface area (Å²) in [5, 5.41) is 0. The Bertz CT molecular complexity index is 1320. The van der Waals surface area contributed by atoms with Gasteiger partial charge in [0.2, 0.25) is 0 Å². The van der Waals surface area contributed by atoms with Crippen LogP contribution < -0.4 is 0 Å². The normalized spacial score (nSPS) is 25.0. The van der Waals surface area contributed by atoms with Crippen LogP contribution in [0.25, 0.3) is 0 Å². The molecule has 0 radical (unpaired) electrons. The number of amidine groups is 1. The maximum absolute atomic E-state index is 14.2. The van der Waals surface area contributed by atoms with Gasteiger partial charge in [0, 0.05) is 13.3 Å². The zero-order valence-corrected chi connectivity index (χ0v) is 19.8. The fraction of sp³-hybridized carbons (Fsp3) is 0.276. The van der Waals surface area contributed by atoms with Crippen LogP contribution in [0.5, 0.6) is 0 Å². The second-order valence-corrected chi connectivity index (χ2v) is 9.16. The first-order chi connectivity index (χ1) is 17.0. The summed E-state index contributed by atoms with van der Waals surface area (Å²) in [7, 11) is 1.63. The quantitative estimate of drug-likeness (QED) is 0.369. The summed E-state index contributed by atoms with van der Waals surface area (Å²) in [4.78, 5) is 12.7. The predicted octanol–water partition coefficient (Wildman–Crippen LogP) is 6.13. The first-order valence-electron chi connectivity index (χ1n) is 11.8. The van der Waals surface area contributed by atoms with Crippen LogP contribution in [0.15, 0.2) is 93.0 Å². The maximum Gasteiger partial charge on any atom is 0.169 e. The van der Waals surface area contributed by atoms with E-state index in [0.717, 1.165) is 25.3 Å². The second kappa shape index (κ2) is 9.62. The van der Waals surface area contributed by atoms with Crippen molar-refractivity contribution in [2.75, 3.05) is 13.7 Å². The second-order valence-electron chi connectivity index (χ2n) is 9.16. The number of fused-ring (bicyclic) bond motifs is 1. The minimum absolute atomic E-state index is 0.0282. The SMILES string of the molecule is CN=CC1=NC(c2cccc(F)c2F)=N/C1=C/C=CCc1ccc(C23CC2CC(C)=CCO3)cc1. The molecule has 0 aromatic heterocycles. The molecule has 4 nitrogen and oxygen atoms in total.